The summed E-state index contributed by atoms with van der Waals surface area (Å²) in [6.45, 7) is 5.07. The van der Waals surface area contributed by atoms with E-state index in [9.17, 15) is 4.79 Å². The summed E-state index contributed by atoms with van der Waals surface area (Å²) in [4.78, 5) is 18.2. The monoisotopic (exact) mass is 314 g/mol. The van der Waals surface area contributed by atoms with Crippen LogP contribution in [0.3, 0.4) is 0 Å². The fraction of sp³-hybridized carbons (Fsp3) is 0.500. The van der Waals surface area contributed by atoms with Gasteiger partial charge in [0.25, 0.3) is 0 Å². The van der Waals surface area contributed by atoms with Crippen LogP contribution in [0.1, 0.15) is 17.4 Å². The van der Waals surface area contributed by atoms with Crippen LogP contribution in [0.15, 0.2) is 16.6 Å². The van der Waals surface area contributed by atoms with E-state index >= 15 is 0 Å². The third-order valence-electron chi connectivity index (χ3n) is 2.64. The molecule has 0 spiro atoms. The van der Waals surface area contributed by atoms with Gasteiger partial charge < -0.3 is 14.4 Å². The number of esters is 1. The number of ether oxygens (including phenoxy) is 2. The van der Waals surface area contributed by atoms with Gasteiger partial charge in [-0.05, 0) is 35.0 Å². The van der Waals surface area contributed by atoms with Gasteiger partial charge in [-0.1, -0.05) is 0 Å². The van der Waals surface area contributed by atoms with Crippen LogP contribution < -0.4 is 4.90 Å². The number of rotatable bonds is 3. The first-order valence-electron chi connectivity index (χ1n) is 5.88. The molecule has 0 aliphatic carbocycles. The molecule has 0 aromatic carbocycles. The van der Waals surface area contributed by atoms with Crippen molar-refractivity contribution in [1.82, 2.24) is 4.98 Å². The Labute approximate surface area is 114 Å². The van der Waals surface area contributed by atoms with Gasteiger partial charge in [0.05, 0.1) is 24.3 Å². The van der Waals surface area contributed by atoms with E-state index in [4.69, 9.17) is 9.47 Å². The van der Waals surface area contributed by atoms with Gasteiger partial charge in [0, 0.05) is 13.1 Å². The van der Waals surface area contributed by atoms with E-state index in [0.29, 0.717) is 30.0 Å². The maximum absolute atomic E-state index is 11.7. The van der Waals surface area contributed by atoms with Gasteiger partial charge in [-0.15, -0.1) is 0 Å². The molecular formula is C12H15BrN2O3. The topological polar surface area (TPSA) is 51.7 Å². The normalized spacial score (nSPS) is 15.6. The predicted octanol–water partition coefficient (Wildman–Crippen LogP) is 1.86. The third-order valence-corrected chi connectivity index (χ3v) is 3.28. The summed E-state index contributed by atoms with van der Waals surface area (Å²) in [6.07, 6.45) is 0. The third kappa shape index (κ3) is 3.00. The van der Waals surface area contributed by atoms with Crippen molar-refractivity contribution in [2.24, 2.45) is 0 Å². The SMILES string of the molecule is CCOC(=O)c1nc(N2CCOCC2)ccc1Br. The molecule has 1 aliphatic heterocycles. The molecule has 18 heavy (non-hydrogen) atoms. The Bertz CT molecular complexity index is 433. The highest BCUT2D eigenvalue weighted by atomic mass is 79.9. The first-order chi connectivity index (χ1) is 8.72. The Morgan fingerprint density at radius 3 is 2.89 bits per heavy atom. The van der Waals surface area contributed by atoms with Crippen molar-refractivity contribution < 1.29 is 14.3 Å². The molecule has 0 radical (unpaired) electrons. The number of hydrogen-bond acceptors (Lipinski definition) is 5. The Morgan fingerprint density at radius 2 is 2.22 bits per heavy atom. The highest BCUT2D eigenvalue weighted by molar-refractivity contribution is 9.10. The van der Waals surface area contributed by atoms with E-state index in [-0.39, 0.29) is 0 Å². The summed E-state index contributed by atoms with van der Waals surface area (Å²) in [6, 6.07) is 3.71. The summed E-state index contributed by atoms with van der Waals surface area (Å²) in [5.74, 6) is 0.379. The van der Waals surface area contributed by atoms with E-state index in [1.54, 1.807) is 6.92 Å². The lowest BCUT2D eigenvalue weighted by Crippen LogP contribution is -2.37. The van der Waals surface area contributed by atoms with Gasteiger partial charge in [0.2, 0.25) is 0 Å². The number of aromatic nitrogens is 1. The highest BCUT2D eigenvalue weighted by Gasteiger charge is 2.18. The molecule has 0 N–H and O–H groups in total. The van der Waals surface area contributed by atoms with Gasteiger partial charge in [0.1, 0.15) is 5.82 Å². The van der Waals surface area contributed by atoms with Crippen LogP contribution in [0.25, 0.3) is 0 Å². The van der Waals surface area contributed by atoms with E-state index in [0.717, 1.165) is 18.9 Å². The fourth-order valence-electron chi connectivity index (χ4n) is 1.74. The van der Waals surface area contributed by atoms with Crippen LogP contribution in [-0.4, -0.2) is 43.9 Å². The zero-order valence-electron chi connectivity index (χ0n) is 10.2. The number of hydrogen-bond donors (Lipinski definition) is 0. The Morgan fingerprint density at radius 1 is 1.50 bits per heavy atom. The van der Waals surface area contributed by atoms with Gasteiger partial charge in [-0.3, -0.25) is 0 Å². The number of anilines is 1. The molecular weight excluding hydrogens is 300 g/mol. The second-order valence-corrected chi connectivity index (χ2v) is 4.67. The van der Waals surface area contributed by atoms with Crippen LogP contribution in [0.2, 0.25) is 0 Å². The minimum Gasteiger partial charge on any atom is -0.461 e. The lowest BCUT2D eigenvalue weighted by Gasteiger charge is -2.28. The Hall–Kier alpha value is -1.14. The van der Waals surface area contributed by atoms with Gasteiger partial charge in [0.15, 0.2) is 5.69 Å². The molecule has 0 bridgehead atoms. The number of carbonyl (C=O) groups is 1. The first kappa shape index (κ1) is 13.3. The van der Waals surface area contributed by atoms with Crippen molar-refractivity contribution in [3.8, 4) is 0 Å². The highest BCUT2D eigenvalue weighted by Crippen LogP contribution is 2.21. The van der Waals surface area contributed by atoms with E-state index in [2.05, 4.69) is 25.8 Å². The molecule has 0 atom stereocenters. The second-order valence-electron chi connectivity index (χ2n) is 3.82. The summed E-state index contributed by atoms with van der Waals surface area (Å²) in [5, 5.41) is 0. The molecule has 1 aromatic rings. The second kappa shape index (κ2) is 6.15. The van der Waals surface area contributed by atoms with E-state index in [1.807, 2.05) is 12.1 Å². The molecule has 0 amide bonds. The maximum atomic E-state index is 11.7. The first-order valence-corrected chi connectivity index (χ1v) is 6.68. The summed E-state index contributed by atoms with van der Waals surface area (Å²) in [7, 11) is 0. The molecule has 2 rings (SSSR count). The smallest absolute Gasteiger partial charge is 0.358 e. The molecule has 1 fully saturated rings. The molecule has 6 heteroatoms. The number of morpholine rings is 1. The number of nitrogens with zero attached hydrogens (tertiary/aromatic N) is 2. The van der Waals surface area contributed by atoms with Crippen LogP contribution in [0, 0.1) is 0 Å². The standard InChI is InChI=1S/C12H15BrN2O3/c1-2-18-12(16)11-9(13)3-4-10(14-11)15-5-7-17-8-6-15/h3-4H,2,5-8H2,1H3. The van der Waals surface area contributed by atoms with E-state index < -0.39 is 5.97 Å². The van der Waals surface area contributed by atoms with Crippen LogP contribution in [0.5, 0.6) is 0 Å². The summed E-state index contributed by atoms with van der Waals surface area (Å²) >= 11 is 3.32. The lowest BCUT2D eigenvalue weighted by atomic mass is 10.3. The van der Waals surface area contributed by atoms with Crippen molar-refractivity contribution in [2.45, 2.75) is 6.92 Å². The fourth-order valence-corrected chi connectivity index (χ4v) is 2.13. The largest absolute Gasteiger partial charge is 0.461 e. The summed E-state index contributed by atoms with van der Waals surface area (Å²) in [5.41, 5.74) is 0.320. The van der Waals surface area contributed by atoms with Gasteiger partial charge in [-0.25, -0.2) is 9.78 Å². The quantitative estimate of drug-likeness (QED) is 0.797. The van der Waals surface area contributed by atoms with Crippen molar-refractivity contribution in [3.63, 3.8) is 0 Å². The minimum atomic E-state index is -0.403. The van der Waals surface area contributed by atoms with Crippen molar-refractivity contribution in [3.05, 3.63) is 22.3 Å². The van der Waals surface area contributed by atoms with Gasteiger partial charge >= 0.3 is 5.97 Å². The predicted molar refractivity (Wildman–Crippen MR) is 70.9 cm³/mol. The van der Waals surface area contributed by atoms with Crippen molar-refractivity contribution in [1.29, 1.82) is 0 Å². The minimum absolute atomic E-state index is 0.320. The van der Waals surface area contributed by atoms with Crippen LogP contribution in [-0.2, 0) is 9.47 Å². The number of carbonyl (C=O) groups excluding carboxylic acids is 1. The van der Waals surface area contributed by atoms with E-state index in [1.165, 1.54) is 0 Å². The van der Waals surface area contributed by atoms with Gasteiger partial charge in [-0.2, -0.15) is 0 Å². The molecule has 0 unspecified atom stereocenters. The lowest BCUT2D eigenvalue weighted by molar-refractivity contribution is 0.0518. The number of pyridine rings is 1. The van der Waals surface area contributed by atoms with Crippen molar-refractivity contribution >= 4 is 27.7 Å². The van der Waals surface area contributed by atoms with Crippen LogP contribution >= 0.6 is 15.9 Å². The Kier molecular flexibility index (Phi) is 4.54. The average molecular weight is 315 g/mol. The molecule has 2 heterocycles. The Balaban J connectivity index is 2.22. The summed E-state index contributed by atoms with van der Waals surface area (Å²) < 4.78 is 10.9. The zero-order chi connectivity index (χ0) is 13.0. The number of halogens is 1. The molecule has 0 saturated carbocycles. The molecule has 98 valence electrons. The molecule has 1 saturated heterocycles. The van der Waals surface area contributed by atoms with Crippen molar-refractivity contribution in [2.75, 3.05) is 37.8 Å². The average Bonchev–Trinajstić information content (AvgIpc) is 2.40. The zero-order valence-corrected chi connectivity index (χ0v) is 11.8. The maximum Gasteiger partial charge on any atom is 0.358 e. The van der Waals surface area contributed by atoms with Crippen LogP contribution in [0.4, 0.5) is 5.82 Å². The molecule has 1 aliphatic rings. The molecule has 1 aromatic heterocycles. The molecule has 5 nitrogen and oxygen atoms in total.